The highest BCUT2D eigenvalue weighted by Crippen LogP contribution is 2.47. The molecule has 1 aromatic heterocycles. The van der Waals surface area contributed by atoms with E-state index in [1.165, 1.54) is 0 Å². The van der Waals surface area contributed by atoms with Crippen molar-refractivity contribution in [1.82, 2.24) is 0 Å². The fourth-order valence-electron chi connectivity index (χ4n) is 4.23. The molecule has 1 aromatic carbocycles. The van der Waals surface area contributed by atoms with Crippen LogP contribution in [-0.2, 0) is 0 Å². The topological polar surface area (TPSA) is 50.4 Å². The predicted octanol–water partition coefficient (Wildman–Crippen LogP) is 6.06. The quantitative estimate of drug-likeness (QED) is 0.616. The van der Waals surface area contributed by atoms with Crippen LogP contribution in [0.4, 0.5) is 0 Å². The van der Waals surface area contributed by atoms with Gasteiger partial charge < -0.3 is 9.52 Å². The first-order valence-electron chi connectivity index (χ1n) is 10.3. The predicted molar refractivity (Wildman–Crippen MR) is 109 cm³/mol. The maximum absolute atomic E-state index is 13.0. The summed E-state index contributed by atoms with van der Waals surface area (Å²) in [7, 11) is 0. The molecule has 0 aliphatic heterocycles. The average Bonchev–Trinajstić information content (AvgIpc) is 3.42. The first-order valence-corrected chi connectivity index (χ1v) is 10.3. The molecule has 27 heavy (non-hydrogen) atoms. The molecular weight excluding hydrogens is 336 g/mol. The van der Waals surface area contributed by atoms with E-state index in [0.717, 1.165) is 31.2 Å². The first kappa shape index (κ1) is 19.7. The zero-order chi connectivity index (χ0) is 19.6. The maximum Gasteiger partial charge on any atom is 0.343 e. The zero-order valence-electron chi connectivity index (χ0n) is 16.9. The second kappa shape index (κ2) is 8.33. The van der Waals surface area contributed by atoms with Crippen LogP contribution < -0.4 is 5.63 Å². The zero-order valence-corrected chi connectivity index (χ0v) is 16.9. The van der Waals surface area contributed by atoms with Gasteiger partial charge in [0.1, 0.15) is 11.5 Å². The second-order valence-corrected chi connectivity index (χ2v) is 8.92. The SMILES string of the molecule is CC(C)CC(CC(C)C)c1cc(O)c(C(c2ccccc2)C2CC2)c(=O)o1. The summed E-state index contributed by atoms with van der Waals surface area (Å²) < 4.78 is 5.82. The van der Waals surface area contributed by atoms with Crippen molar-refractivity contribution in [3.8, 4) is 5.75 Å². The number of hydrogen-bond acceptors (Lipinski definition) is 3. The Kier molecular flexibility index (Phi) is 6.08. The minimum Gasteiger partial charge on any atom is -0.507 e. The molecule has 1 heterocycles. The highest BCUT2D eigenvalue weighted by atomic mass is 16.4. The largest absolute Gasteiger partial charge is 0.507 e. The normalized spacial score (nSPS) is 15.7. The van der Waals surface area contributed by atoms with Crippen LogP contribution >= 0.6 is 0 Å². The van der Waals surface area contributed by atoms with Crippen LogP contribution in [0, 0.1) is 17.8 Å². The summed E-state index contributed by atoms with van der Waals surface area (Å²) in [6, 6.07) is 11.7. The lowest BCUT2D eigenvalue weighted by atomic mass is 9.85. The molecule has 146 valence electrons. The molecule has 2 aromatic rings. The highest BCUT2D eigenvalue weighted by molar-refractivity contribution is 5.41. The second-order valence-electron chi connectivity index (χ2n) is 8.92. The van der Waals surface area contributed by atoms with Crippen molar-refractivity contribution in [1.29, 1.82) is 0 Å². The lowest BCUT2D eigenvalue weighted by Gasteiger charge is -2.22. The third-order valence-electron chi connectivity index (χ3n) is 5.46. The van der Waals surface area contributed by atoms with Crippen LogP contribution in [0.5, 0.6) is 5.75 Å². The summed E-state index contributed by atoms with van der Waals surface area (Å²) in [5, 5.41) is 10.8. The molecule has 1 fully saturated rings. The molecule has 1 aliphatic rings. The van der Waals surface area contributed by atoms with E-state index in [1.54, 1.807) is 6.07 Å². The minimum atomic E-state index is -0.372. The Morgan fingerprint density at radius 3 is 2.11 bits per heavy atom. The van der Waals surface area contributed by atoms with Crippen molar-refractivity contribution in [2.45, 2.75) is 65.2 Å². The fraction of sp³-hybridized carbons (Fsp3) is 0.542. The third kappa shape index (κ3) is 4.82. The minimum absolute atomic E-state index is 0.0786. The van der Waals surface area contributed by atoms with Gasteiger partial charge in [0.25, 0.3) is 0 Å². The average molecular weight is 369 g/mol. The van der Waals surface area contributed by atoms with Crippen LogP contribution in [0.1, 0.15) is 82.1 Å². The molecule has 1 aliphatic carbocycles. The van der Waals surface area contributed by atoms with E-state index in [0.29, 0.717) is 29.1 Å². The molecule has 0 amide bonds. The van der Waals surface area contributed by atoms with Crippen LogP contribution in [0.3, 0.4) is 0 Å². The first-order chi connectivity index (χ1) is 12.9. The van der Waals surface area contributed by atoms with Gasteiger partial charge in [-0.05, 0) is 49.0 Å². The van der Waals surface area contributed by atoms with Gasteiger partial charge in [-0.1, -0.05) is 58.0 Å². The Morgan fingerprint density at radius 2 is 1.63 bits per heavy atom. The van der Waals surface area contributed by atoms with Gasteiger partial charge in [-0.15, -0.1) is 0 Å². The van der Waals surface area contributed by atoms with Crippen LogP contribution in [0.15, 0.2) is 45.6 Å². The molecule has 1 saturated carbocycles. The van der Waals surface area contributed by atoms with Gasteiger partial charge in [-0.25, -0.2) is 4.79 Å². The molecule has 3 nitrogen and oxygen atoms in total. The van der Waals surface area contributed by atoms with Crippen molar-refractivity contribution in [2.75, 3.05) is 0 Å². The third-order valence-corrected chi connectivity index (χ3v) is 5.46. The summed E-state index contributed by atoms with van der Waals surface area (Å²) in [6.45, 7) is 8.72. The van der Waals surface area contributed by atoms with Crippen LogP contribution in [-0.4, -0.2) is 5.11 Å². The summed E-state index contributed by atoms with van der Waals surface area (Å²) in [5.41, 5.74) is 1.14. The Hall–Kier alpha value is -2.03. The van der Waals surface area contributed by atoms with Gasteiger partial charge >= 0.3 is 5.63 Å². The van der Waals surface area contributed by atoms with Crippen molar-refractivity contribution >= 4 is 0 Å². The molecule has 0 saturated heterocycles. The molecule has 0 spiro atoms. The van der Waals surface area contributed by atoms with Crippen molar-refractivity contribution in [3.05, 3.63) is 63.7 Å². The van der Waals surface area contributed by atoms with E-state index < -0.39 is 0 Å². The Balaban J connectivity index is 2.00. The number of rotatable bonds is 8. The van der Waals surface area contributed by atoms with Gasteiger partial charge in [0.2, 0.25) is 0 Å². The highest BCUT2D eigenvalue weighted by Gasteiger charge is 2.37. The summed E-state index contributed by atoms with van der Waals surface area (Å²) in [5.74, 6) is 2.23. The lowest BCUT2D eigenvalue weighted by Crippen LogP contribution is -2.18. The van der Waals surface area contributed by atoms with Crippen molar-refractivity contribution in [3.63, 3.8) is 0 Å². The van der Waals surface area contributed by atoms with Crippen molar-refractivity contribution < 1.29 is 9.52 Å². The summed E-state index contributed by atoms with van der Waals surface area (Å²) in [4.78, 5) is 13.0. The van der Waals surface area contributed by atoms with Gasteiger partial charge in [0.15, 0.2) is 0 Å². The molecule has 0 bridgehead atoms. The Bertz CT molecular complexity index is 790. The number of hydrogen-bond donors (Lipinski definition) is 1. The smallest absolute Gasteiger partial charge is 0.343 e. The van der Waals surface area contributed by atoms with E-state index in [-0.39, 0.29) is 23.2 Å². The van der Waals surface area contributed by atoms with E-state index in [4.69, 9.17) is 4.42 Å². The van der Waals surface area contributed by atoms with E-state index in [2.05, 4.69) is 27.7 Å². The molecule has 3 heteroatoms. The van der Waals surface area contributed by atoms with Crippen molar-refractivity contribution in [2.24, 2.45) is 17.8 Å². The van der Waals surface area contributed by atoms with Gasteiger partial charge in [-0.3, -0.25) is 0 Å². The molecule has 1 N–H and O–H groups in total. The monoisotopic (exact) mass is 368 g/mol. The van der Waals surface area contributed by atoms with Crippen LogP contribution in [0.2, 0.25) is 0 Å². The van der Waals surface area contributed by atoms with Gasteiger partial charge in [0.05, 0.1) is 5.56 Å². The molecule has 1 unspecified atom stereocenters. The Morgan fingerprint density at radius 1 is 1.04 bits per heavy atom. The van der Waals surface area contributed by atoms with E-state index in [1.807, 2.05) is 30.3 Å². The molecule has 1 atom stereocenters. The van der Waals surface area contributed by atoms with Gasteiger partial charge in [-0.2, -0.15) is 0 Å². The van der Waals surface area contributed by atoms with E-state index in [9.17, 15) is 9.90 Å². The lowest BCUT2D eigenvalue weighted by molar-refractivity contribution is 0.332. The molecule has 0 radical (unpaired) electrons. The fourth-order valence-corrected chi connectivity index (χ4v) is 4.23. The standard InChI is InChI=1S/C24H32O3/c1-15(2)12-19(13-16(3)4)21-14-20(25)23(24(26)27-21)22(18-10-11-18)17-8-6-5-7-9-17/h5-9,14-16,18-19,22,25H,10-13H2,1-4H3. The summed E-state index contributed by atoms with van der Waals surface area (Å²) >= 11 is 0. The maximum atomic E-state index is 13.0. The molecule has 3 rings (SSSR count). The van der Waals surface area contributed by atoms with E-state index >= 15 is 0 Å². The Labute approximate surface area is 162 Å². The number of aromatic hydroxyl groups is 1. The van der Waals surface area contributed by atoms with Gasteiger partial charge in [0, 0.05) is 17.9 Å². The summed E-state index contributed by atoms with van der Waals surface area (Å²) in [6.07, 6.45) is 4.07. The number of benzene rings is 1. The van der Waals surface area contributed by atoms with Crippen LogP contribution in [0.25, 0.3) is 0 Å². The molecular formula is C24H32O3.